The van der Waals surface area contributed by atoms with Gasteiger partial charge in [0.15, 0.2) is 6.54 Å². The van der Waals surface area contributed by atoms with Crippen LogP contribution in [0.4, 0.5) is 0 Å². The van der Waals surface area contributed by atoms with Crippen LogP contribution < -0.4 is 4.89 Å². The Morgan fingerprint density at radius 1 is 1.40 bits per heavy atom. The van der Waals surface area contributed by atoms with Crippen molar-refractivity contribution in [3.63, 3.8) is 0 Å². The summed E-state index contributed by atoms with van der Waals surface area (Å²) in [4.78, 5) is 11.4. The first-order valence-electron chi connectivity index (χ1n) is 4.35. The Morgan fingerprint density at radius 3 is 2.20 bits per heavy atom. The van der Waals surface area contributed by atoms with Gasteiger partial charge in [-0.25, -0.2) is 0 Å². The van der Waals surface area contributed by atoms with E-state index >= 15 is 0 Å². The maximum atomic E-state index is 11.4. The Morgan fingerprint density at radius 2 is 1.87 bits per heavy atom. The van der Waals surface area contributed by atoms with Crippen molar-refractivity contribution in [2.75, 3.05) is 40.5 Å². The molecular formula is C8H21CaNO4P+. The van der Waals surface area contributed by atoms with Gasteiger partial charge < -0.3 is 24.7 Å². The Balaban J connectivity index is 0. The average molecular weight is 266 g/mol. The molecule has 3 N–H and O–H groups in total. The summed E-state index contributed by atoms with van der Waals surface area (Å²) >= 11 is 0. The van der Waals surface area contributed by atoms with E-state index in [0.29, 0.717) is 4.48 Å². The summed E-state index contributed by atoms with van der Waals surface area (Å²) in [6.45, 7) is -0.147. The first kappa shape index (κ1) is 18.6. The zero-order valence-corrected chi connectivity index (χ0v) is 9.74. The molecule has 0 saturated heterocycles. The quantitative estimate of drug-likeness (QED) is 0.289. The van der Waals surface area contributed by atoms with E-state index in [1.165, 1.54) is 0 Å². The zero-order valence-electron chi connectivity index (χ0n) is 8.84. The number of aliphatic hydroxyl groups is 3. The van der Waals surface area contributed by atoms with Gasteiger partial charge in [-0.2, -0.15) is 0 Å². The molecule has 2 atom stereocenters. The molecule has 7 heteroatoms. The second kappa shape index (κ2) is 8.34. The maximum absolute atomic E-state index is 11.4. The van der Waals surface area contributed by atoms with Crippen molar-refractivity contribution in [1.29, 1.82) is 0 Å². The van der Waals surface area contributed by atoms with E-state index in [-0.39, 0.29) is 55.9 Å². The van der Waals surface area contributed by atoms with Gasteiger partial charge in [0.25, 0.3) is 5.48 Å². The molecule has 88 valence electrons. The van der Waals surface area contributed by atoms with Gasteiger partial charge in [-0.05, 0) is 0 Å². The van der Waals surface area contributed by atoms with Crippen LogP contribution in [0.3, 0.4) is 0 Å². The monoisotopic (exact) mass is 266 g/mol. The number of hydrogen-bond acceptors (Lipinski definition) is 3. The fourth-order valence-corrected chi connectivity index (χ4v) is 2.15. The number of rotatable bonds is 5. The molecule has 0 rings (SSSR count). The predicted octanol–water partition coefficient (Wildman–Crippen LogP) is -2.61. The Kier molecular flexibility index (Phi) is 10.3. The molecule has 0 aliphatic carbocycles. The molecule has 2 unspecified atom stereocenters. The van der Waals surface area contributed by atoms with Crippen molar-refractivity contribution in [2.24, 2.45) is 0 Å². The van der Waals surface area contributed by atoms with Gasteiger partial charge in [0.1, 0.15) is 12.3 Å². The van der Waals surface area contributed by atoms with Crippen molar-refractivity contribution in [3.8, 4) is 0 Å². The molecule has 5 nitrogen and oxygen atoms in total. The van der Waals surface area contributed by atoms with Gasteiger partial charge in [-0.15, -0.1) is 0 Å². The number of likely N-dealkylation sites (N-methyl/N-ethyl adjacent to an activating group) is 1. The van der Waals surface area contributed by atoms with Gasteiger partial charge in [0, 0.05) is 0 Å². The molecule has 0 fully saturated rings. The summed E-state index contributed by atoms with van der Waals surface area (Å²) in [7, 11) is 3.63. The minimum absolute atomic E-state index is 0. The summed E-state index contributed by atoms with van der Waals surface area (Å²) in [5.41, 5.74) is -0.111. The van der Waals surface area contributed by atoms with Gasteiger partial charge in [0.2, 0.25) is 0 Å². The normalized spacial score (nSPS) is 15.4. The molecule has 0 aromatic carbocycles. The van der Waals surface area contributed by atoms with Crippen LogP contribution in [0.2, 0.25) is 0 Å². The Bertz CT molecular complexity index is 217. The van der Waals surface area contributed by atoms with E-state index < -0.39 is 20.5 Å². The van der Waals surface area contributed by atoms with Crippen LogP contribution in [0, 0.1) is 0 Å². The number of hydrogen-bond donors (Lipinski definition) is 3. The predicted molar refractivity (Wildman–Crippen MR) is 63.3 cm³/mol. The second-order valence-electron chi connectivity index (χ2n) is 4.26. The molecule has 0 bridgehead atoms. The van der Waals surface area contributed by atoms with Crippen LogP contribution >= 0.6 is 7.77 Å². The van der Waals surface area contributed by atoms with Crippen molar-refractivity contribution in [2.45, 2.75) is 6.10 Å². The summed E-state index contributed by atoms with van der Waals surface area (Å²) in [5, 5.41) is 27.0. The molecular weight excluding hydrogens is 245 g/mol. The van der Waals surface area contributed by atoms with E-state index in [1.807, 2.05) is 21.1 Å². The molecule has 0 aromatic heterocycles. The first-order chi connectivity index (χ1) is 6.26. The molecule has 0 aliphatic rings. The van der Waals surface area contributed by atoms with Gasteiger partial charge in [-0.3, -0.25) is 0 Å². The number of quaternary nitrogens is 1. The zero-order chi connectivity index (χ0) is 11.4. The van der Waals surface area contributed by atoms with Crippen molar-refractivity contribution in [3.05, 3.63) is 0 Å². The van der Waals surface area contributed by atoms with Crippen LogP contribution in [0.5, 0.6) is 0 Å². The fraction of sp³-hybridized carbons (Fsp3) is 0.875. The molecule has 0 heterocycles. The van der Waals surface area contributed by atoms with Crippen LogP contribution in [-0.2, 0) is 0 Å². The summed E-state index contributed by atoms with van der Waals surface area (Å²) < 4.78 is 0.474. The number of aliphatic hydroxyl groups excluding tert-OH is 3. The molecule has 0 amide bonds. The SMILES string of the molecule is C[N+](C)(C)C/C(O)=[P+](\[O-])CC(O)CO.[CaH2]. The van der Waals surface area contributed by atoms with Gasteiger partial charge in [-0.1, -0.05) is 0 Å². The topological polar surface area (TPSA) is 83.8 Å². The van der Waals surface area contributed by atoms with Crippen LogP contribution in [0.15, 0.2) is 0 Å². The summed E-state index contributed by atoms with van der Waals surface area (Å²) in [6, 6.07) is 0. The third-order valence-electron chi connectivity index (χ3n) is 1.49. The third-order valence-corrected chi connectivity index (χ3v) is 2.96. The molecule has 0 aromatic rings. The average Bonchev–Trinajstić information content (AvgIpc) is 2.00. The molecule has 0 spiro atoms. The van der Waals surface area contributed by atoms with Gasteiger partial charge in [0.05, 0.1) is 35.5 Å². The third kappa shape index (κ3) is 10.1. The van der Waals surface area contributed by atoms with E-state index in [9.17, 15) is 10.00 Å². The molecule has 0 radical (unpaired) electrons. The standard InChI is InChI=1S/C8H18NO4P.Ca.2H/c1-9(2,3)4-8(12)14(13)6-7(11)5-10;;;/h7,10-11H,4-6H2,1-3H3;;;/p+1. The van der Waals surface area contributed by atoms with E-state index in [1.54, 1.807) is 0 Å². The van der Waals surface area contributed by atoms with Gasteiger partial charge >= 0.3 is 37.7 Å². The summed E-state index contributed by atoms with van der Waals surface area (Å²) in [6.07, 6.45) is -1.11. The van der Waals surface area contributed by atoms with E-state index in [0.717, 1.165) is 0 Å². The Hall–Kier alpha value is 1.23. The first-order valence-corrected chi connectivity index (χ1v) is 5.79. The van der Waals surface area contributed by atoms with Crippen molar-refractivity contribution >= 4 is 51.0 Å². The second-order valence-corrected chi connectivity index (χ2v) is 5.90. The van der Waals surface area contributed by atoms with E-state index in [2.05, 4.69) is 0 Å². The van der Waals surface area contributed by atoms with Crippen molar-refractivity contribution < 1.29 is 24.7 Å². The minimum atomic E-state index is -1.95. The molecule has 15 heavy (non-hydrogen) atoms. The molecule has 0 aliphatic heterocycles. The van der Waals surface area contributed by atoms with Crippen LogP contribution in [0.25, 0.3) is 0 Å². The summed E-state index contributed by atoms with van der Waals surface area (Å²) in [5.74, 6) is 0. The fourth-order valence-electron chi connectivity index (χ4n) is 0.858. The van der Waals surface area contributed by atoms with Crippen molar-refractivity contribution in [1.82, 2.24) is 0 Å². The van der Waals surface area contributed by atoms with E-state index in [4.69, 9.17) is 10.2 Å². The Labute approximate surface area is 121 Å². The number of nitrogens with zero attached hydrogens (tertiary/aromatic N) is 1. The molecule has 0 saturated carbocycles. The van der Waals surface area contributed by atoms with Crippen LogP contribution in [0.1, 0.15) is 0 Å². The van der Waals surface area contributed by atoms with Crippen LogP contribution in [-0.4, -0.2) is 110 Å².